The molecule has 1 unspecified atom stereocenters. The quantitative estimate of drug-likeness (QED) is 0.310. The minimum absolute atomic E-state index is 0.0335. The predicted molar refractivity (Wildman–Crippen MR) is 115 cm³/mol. The van der Waals surface area contributed by atoms with E-state index in [4.69, 9.17) is 28.9 Å². The van der Waals surface area contributed by atoms with Crippen LogP contribution >= 0.6 is 23.2 Å². The van der Waals surface area contributed by atoms with Gasteiger partial charge in [0.05, 0.1) is 27.4 Å². The van der Waals surface area contributed by atoms with Gasteiger partial charge in [-0.15, -0.1) is 11.6 Å². The van der Waals surface area contributed by atoms with E-state index < -0.39 is 34.7 Å². The number of hydrogen-bond acceptors (Lipinski definition) is 4. The summed E-state index contributed by atoms with van der Waals surface area (Å²) in [6.07, 6.45) is -7.09. The van der Waals surface area contributed by atoms with E-state index in [1.165, 1.54) is 24.1 Å². The van der Waals surface area contributed by atoms with Gasteiger partial charge in [-0.05, 0) is 30.2 Å². The van der Waals surface area contributed by atoms with Crippen molar-refractivity contribution in [1.29, 1.82) is 0 Å². The van der Waals surface area contributed by atoms with E-state index in [-0.39, 0.29) is 39.5 Å². The van der Waals surface area contributed by atoms with Gasteiger partial charge in [0.2, 0.25) is 0 Å². The molecule has 0 heterocycles. The Bertz CT molecular complexity index is 1020. The minimum atomic E-state index is -4.85. The number of phenolic OH excluding ortho intramolecular Hbond substituents is 1. The van der Waals surface area contributed by atoms with Crippen molar-refractivity contribution in [3.05, 3.63) is 51.7 Å². The first kappa shape index (κ1) is 25.9. The van der Waals surface area contributed by atoms with E-state index in [0.29, 0.717) is 6.08 Å². The molecule has 0 fully saturated rings. The van der Waals surface area contributed by atoms with E-state index in [9.17, 15) is 31.4 Å². The Kier molecular flexibility index (Phi) is 7.51. The molecule has 0 aliphatic heterocycles. The van der Waals surface area contributed by atoms with Crippen LogP contribution in [0.25, 0.3) is 5.57 Å². The molecular formula is C20H19Cl2F6N3O. The number of hydrogen-bond donors (Lipinski definition) is 2. The predicted octanol–water partition coefficient (Wildman–Crippen LogP) is 5.82. The Balaban J connectivity index is 2.82. The second kappa shape index (κ2) is 9.27. The highest BCUT2D eigenvalue weighted by Crippen LogP contribution is 2.46. The third-order valence-electron chi connectivity index (χ3n) is 4.62. The van der Waals surface area contributed by atoms with Crippen molar-refractivity contribution in [2.24, 2.45) is 10.7 Å². The maximum atomic E-state index is 13.4. The van der Waals surface area contributed by atoms with Gasteiger partial charge < -0.3 is 15.7 Å². The van der Waals surface area contributed by atoms with E-state index in [1.54, 1.807) is 14.1 Å². The van der Waals surface area contributed by atoms with Gasteiger partial charge >= 0.3 is 12.4 Å². The third-order valence-corrected chi connectivity index (χ3v) is 5.32. The van der Waals surface area contributed by atoms with Crippen molar-refractivity contribution < 1.29 is 31.4 Å². The van der Waals surface area contributed by atoms with Crippen molar-refractivity contribution in [3.8, 4) is 5.75 Å². The van der Waals surface area contributed by atoms with Crippen LogP contribution in [0, 0.1) is 0 Å². The summed E-state index contributed by atoms with van der Waals surface area (Å²) in [5.74, 6) is -0.609. The van der Waals surface area contributed by atoms with Crippen LogP contribution in [0.2, 0.25) is 5.02 Å². The van der Waals surface area contributed by atoms with E-state index in [0.717, 1.165) is 6.08 Å². The summed E-state index contributed by atoms with van der Waals surface area (Å²) in [6.45, 7) is 0. The van der Waals surface area contributed by atoms with Gasteiger partial charge in [0.1, 0.15) is 11.4 Å². The molecule has 32 heavy (non-hydrogen) atoms. The highest BCUT2D eigenvalue weighted by molar-refractivity contribution is 6.35. The zero-order valence-corrected chi connectivity index (χ0v) is 18.5. The highest BCUT2D eigenvalue weighted by atomic mass is 35.5. The van der Waals surface area contributed by atoms with Crippen LogP contribution in [0.1, 0.15) is 17.5 Å². The zero-order valence-electron chi connectivity index (χ0n) is 17.0. The molecular weight excluding hydrogens is 483 g/mol. The Morgan fingerprint density at radius 1 is 1.25 bits per heavy atom. The van der Waals surface area contributed by atoms with Crippen molar-refractivity contribution in [2.45, 2.75) is 24.2 Å². The van der Waals surface area contributed by atoms with Crippen LogP contribution in [-0.2, 0) is 0 Å². The van der Waals surface area contributed by atoms with Gasteiger partial charge in [0.15, 0.2) is 0 Å². The number of allylic oxidation sites excluding steroid dienone is 6. The van der Waals surface area contributed by atoms with Gasteiger partial charge in [0.25, 0.3) is 0 Å². The molecule has 1 atom stereocenters. The van der Waals surface area contributed by atoms with E-state index >= 15 is 0 Å². The summed E-state index contributed by atoms with van der Waals surface area (Å²) in [4.78, 5) is 5.19. The molecule has 0 radical (unpaired) electrons. The molecule has 2 rings (SSSR count). The monoisotopic (exact) mass is 501 g/mol. The molecule has 1 aromatic carbocycles. The fraction of sp³-hybridized carbons (Fsp3) is 0.350. The van der Waals surface area contributed by atoms with Gasteiger partial charge in [-0.25, -0.2) is 0 Å². The van der Waals surface area contributed by atoms with Crippen LogP contribution in [0.4, 0.5) is 32.0 Å². The lowest BCUT2D eigenvalue weighted by molar-refractivity contribution is -0.0939. The fourth-order valence-corrected chi connectivity index (χ4v) is 3.78. The number of anilines is 1. The summed E-state index contributed by atoms with van der Waals surface area (Å²) < 4.78 is 78.9. The smallest absolute Gasteiger partial charge is 0.430 e. The second-order valence-corrected chi connectivity index (χ2v) is 7.97. The van der Waals surface area contributed by atoms with Gasteiger partial charge in [-0.1, -0.05) is 17.7 Å². The number of nitrogens with two attached hydrogens (primary N) is 1. The van der Waals surface area contributed by atoms with Crippen molar-refractivity contribution >= 4 is 40.2 Å². The number of aromatic hydroxyl groups is 1. The molecule has 0 saturated carbocycles. The van der Waals surface area contributed by atoms with Crippen molar-refractivity contribution in [1.82, 2.24) is 0 Å². The number of aliphatic imine (C=N–C) groups is 1. The number of phenols is 1. The van der Waals surface area contributed by atoms with Crippen LogP contribution < -0.4 is 10.6 Å². The van der Waals surface area contributed by atoms with Crippen LogP contribution in [0.3, 0.4) is 0 Å². The number of benzene rings is 1. The Morgan fingerprint density at radius 3 is 2.31 bits per heavy atom. The van der Waals surface area contributed by atoms with Crippen molar-refractivity contribution in [2.75, 3.05) is 26.0 Å². The van der Waals surface area contributed by atoms with Gasteiger partial charge in [-0.3, -0.25) is 4.99 Å². The normalized spacial score (nSPS) is 18.4. The number of rotatable bonds is 4. The average molecular weight is 502 g/mol. The molecule has 1 aromatic rings. The lowest BCUT2D eigenvalue weighted by Crippen LogP contribution is -2.23. The molecule has 0 spiro atoms. The number of halogens is 8. The molecule has 176 valence electrons. The first-order valence-electron chi connectivity index (χ1n) is 8.97. The molecule has 0 amide bonds. The summed E-state index contributed by atoms with van der Waals surface area (Å²) in [7, 11) is 4.26. The lowest BCUT2D eigenvalue weighted by Gasteiger charge is -2.26. The second-order valence-electron chi connectivity index (χ2n) is 7.04. The summed E-state index contributed by atoms with van der Waals surface area (Å²) >= 11 is 12.1. The fourth-order valence-electron chi connectivity index (χ4n) is 3.14. The topological polar surface area (TPSA) is 61.8 Å². The van der Waals surface area contributed by atoms with Crippen LogP contribution in [-0.4, -0.2) is 49.7 Å². The van der Waals surface area contributed by atoms with Crippen molar-refractivity contribution in [3.63, 3.8) is 0 Å². The molecule has 0 saturated heterocycles. The zero-order chi connectivity index (χ0) is 24.6. The first-order chi connectivity index (χ1) is 14.6. The first-order valence-corrected chi connectivity index (χ1v) is 9.78. The molecule has 0 aromatic heterocycles. The lowest BCUT2D eigenvalue weighted by atomic mass is 9.90. The summed E-state index contributed by atoms with van der Waals surface area (Å²) in [6, 6.07) is 1.17. The third kappa shape index (κ3) is 5.35. The Labute approximate surface area is 190 Å². The minimum Gasteiger partial charge on any atom is -0.507 e. The number of nitrogens with zero attached hydrogens (tertiary/aromatic N) is 2. The standard InChI is InChI=1S/C20H19Cl2F6N3O/c1-30-14(8-15(29)20(26,27)28)10-7-13(22)17(31(2)3)16(18(10)32)9-4-5-12(21)11(6-9)19(23,24)25/h4,6-8,12,32H,5,29H2,1-3H3. The molecule has 4 nitrogen and oxygen atoms in total. The Hall–Kier alpha value is -2.33. The van der Waals surface area contributed by atoms with Gasteiger partial charge in [-0.2, -0.15) is 26.3 Å². The summed E-state index contributed by atoms with van der Waals surface area (Å²) in [5, 5.41) is 9.60. The van der Waals surface area contributed by atoms with Gasteiger partial charge in [0, 0.05) is 32.3 Å². The van der Waals surface area contributed by atoms with Crippen LogP contribution in [0.5, 0.6) is 5.75 Å². The SMILES string of the molecule is CN=C(C=C(N)C(F)(F)F)c1cc(Cl)c(N(C)C)c(C2=CCC(Cl)C(C(F)(F)F)=C2)c1O. The van der Waals surface area contributed by atoms with E-state index in [2.05, 4.69) is 4.99 Å². The molecule has 0 bridgehead atoms. The summed E-state index contributed by atoms with van der Waals surface area (Å²) in [5.41, 5.74) is 1.98. The number of alkyl halides is 7. The molecule has 3 N–H and O–H groups in total. The highest BCUT2D eigenvalue weighted by Gasteiger charge is 2.40. The van der Waals surface area contributed by atoms with E-state index in [1.807, 2.05) is 0 Å². The van der Waals surface area contributed by atoms with Crippen LogP contribution in [0.15, 0.2) is 40.6 Å². The maximum Gasteiger partial charge on any atom is 0.430 e. The average Bonchev–Trinajstić information content (AvgIpc) is 2.65. The largest absolute Gasteiger partial charge is 0.507 e. The molecule has 1 aliphatic carbocycles. The maximum absolute atomic E-state index is 13.4. The molecule has 12 heteroatoms. The molecule has 1 aliphatic rings. The Morgan fingerprint density at radius 2 is 1.84 bits per heavy atom.